The van der Waals surface area contributed by atoms with Gasteiger partial charge in [-0.15, -0.1) is 0 Å². The van der Waals surface area contributed by atoms with Crippen LogP contribution in [0.4, 0.5) is 0 Å². The summed E-state index contributed by atoms with van der Waals surface area (Å²) in [5.41, 5.74) is 12.8. The van der Waals surface area contributed by atoms with Gasteiger partial charge in [-0.2, -0.15) is 0 Å². The molecule has 2 heterocycles. The minimum absolute atomic E-state index is 0.0115. The Morgan fingerprint density at radius 3 is 0.947 bits per heavy atom. The van der Waals surface area contributed by atoms with Crippen molar-refractivity contribution < 1.29 is 38.7 Å². The van der Waals surface area contributed by atoms with E-state index in [0.717, 1.165) is 79.6 Å². The number of rotatable bonds is 16. The Morgan fingerprint density at radius 1 is 0.395 bits per heavy atom. The van der Waals surface area contributed by atoms with Crippen LogP contribution >= 0.6 is 0 Å². The number of aromatic hydroxyl groups is 2. The SMILES string of the molecule is Cc1ccc(-c2nc(-c3ccc(C)cc3C)nc(-c3ccc(OCCOC(=O)C4CCCCC4C(=O)OCCOc4ccc(-c5nc(-c6ccc(C)cc6C)nc(-c6ccc(C)cc6C)n5)c(O)c4)cc3O)n2)c(C)c1. The monoisotopic (exact) mass is 1020 g/mol. The van der Waals surface area contributed by atoms with E-state index < -0.39 is 23.8 Å². The molecule has 1 saturated carbocycles. The number of esters is 2. The minimum atomic E-state index is -0.668. The molecule has 9 rings (SSSR count). The maximum absolute atomic E-state index is 13.4. The number of ether oxygens (including phenoxy) is 4. The highest BCUT2D eigenvalue weighted by molar-refractivity contribution is 5.82. The smallest absolute Gasteiger partial charge is 0.309 e. The summed E-state index contributed by atoms with van der Waals surface area (Å²) in [6, 6.07) is 34.1. The molecule has 0 amide bonds. The fourth-order valence-corrected chi connectivity index (χ4v) is 9.83. The molecule has 388 valence electrons. The van der Waals surface area contributed by atoms with Gasteiger partial charge in [0.1, 0.15) is 49.4 Å². The van der Waals surface area contributed by atoms with Crippen LogP contribution in [0.15, 0.2) is 109 Å². The first-order chi connectivity index (χ1) is 36.6. The van der Waals surface area contributed by atoms with E-state index in [-0.39, 0.29) is 37.9 Å². The standard InChI is InChI=1S/C62H62N6O8/c1-35-13-19-45(39(5)29-35)55-63-56(46-20-14-36(2)30-40(46)6)66-59(65-55)51-23-17-43(33-53(51)69)73-25-27-75-61(71)49-11-9-10-12-50(49)62(72)76-28-26-74-44-18-24-52(54(70)34-44)60-67-57(47-21-15-37(3)31-41(47)7)64-58(68-60)48-22-16-38(4)32-42(48)8/h13-24,29-34,49-50,69-70H,9-12,25-28H2,1-8H3. The summed E-state index contributed by atoms with van der Waals surface area (Å²) in [5, 5.41) is 22.6. The summed E-state index contributed by atoms with van der Waals surface area (Å²) in [4.78, 5) is 55.9. The summed E-state index contributed by atoms with van der Waals surface area (Å²) < 4.78 is 23.1. The maximum atomic E-state index is 13.4. The van der Waals surface area contributed by atoms with E-state index in [1.54, 1.807) is 24.3 Å². The van der Waals surface area contributed by atoms with Crippen LogP contribution in [0.25, 0.3) is 68.3 Å². The number of phenols is 2. The predicted octanol–water partition coefficient (Wildman–Crippen LogP) is 12.3. The molecule has 0 spiro atoms. The molecule has 0 saturated heterocycles. The van der Waals surface area contributed by atoms with Crippen molar-refractivity contribution in [3.05, 3.63) is 154 Å². The Bertz CT molecular complexity index is 3120. The topological polar surface area (TPSA) is 189 Å². The number of aryl methyl sites for hydroxylation is 8. The van der Waals surface area contributed by atoms with E-state index in [4.69, 9.17) is 48.9 Å². The molecule has 2 N–H and O–H groups in total. The number of carbonyl (C=O) groups is 2. The van der Waals surface area contributed by atoms with Crippen molar-refractivity contribution in [1.82, 2.24) is 29.9 Å². The zero-order valence-electron chi connectivity index (χ0n) is 44.2. The zero-order valence-corrected chi connectivity index (χ0v) is 44.2. The Hall–Kier alpha value is -8.52. The first-order valence-electron chi connectivity index (χ1n) is 25.7. The Kier molecular flexibility index (Phi) is 15.8. The third-order valence-corrected chi connectivity index (χ3v) is 13.7. The van der Waals surface area contributed by atoms with Crippen LogP contribution in [0.1, 0.15) is 70.2 Å². The molecule has 2 atom stereocenters. The molecule has 76 heavy (non-hydrogen) atoms. The fraction of sp³-hybridized carbons (Fsp3) is 0.290. The van der Waals surface area contributed by atoms with E-state index in [0.29, 0.717) is 70.4 Å². The molecule has 6 aromatic carbocycles. The van der Waals surface area contributed by atoms with Crippen LogP contribution in [0.2, 0.25) is 0 Å². The van der Waals surface area contributed by atoms with Crippen molar-refractivity contribution in [1.29, 1.82) is 0 Å². The van der Waals surface area contributed by atoms with Gasteiger partial charge in [-0.25, -0.2) is 29.9 Å². The third kappa shape index (κ3) is 12.0. The van der Waals surface area contributed by atoms with Gasteiger partial charge in [-0.3, -0.25) is 9.59 Å². The van der Waals surface area contributed by atoms with Crippen molar-refractivity contribution in [2.24, 2.45) is 11.8 Å². The first kappa shape index (κ1) is 52.3. The summed E-state index contributed by atoms with van der Waals surface area (Å²) >= 11 is 0. The van der Waals surface area contributed by atoms with Gasteiger partial charge in [0.25, 0.3) is 0 Å². The second-order valence-electron chi connectivity index (χ2n) is 19.8. The number of carbonyl (C=O) groups excluding carboxylic acids is 2. The van der Waals surface area contributed by atoms with Gasteiger partial charge >= 0.3 is 11.9 Å². The van der Waals surface area contributed by atoms with Crippen molar-refractivity contribution in [2.45, 2.75) is 81.1 Å². The third-order valence-electron chi connectivity index (χ3n) is 13.7. The zero-order chi connectivity index (χ0) is 53.6. The summed E-state index contributed by atoms with van der Waals surface area (Å²) in [7, 11) is 0. The van der Waals surface area contributed by atoms with Crippen molar-refractivity contribution in [3.63, 3.8) is 0 Å². The van der Waals surface area contributed by atoms with E-state index in [2.05, 4.69) is 24.3 Å². The van der Waals surface area contributed by atoms with Crippen LogP contribution in [0.5, 0.6) is 23.0 Å². The molecule has 8 aromatic rings. The van der Waals surface area contributed by atoms with E-state index in [1.165, 1.54) is 12.1 Å². The summed E-state index contributed by atoms with van der Waals surface area (Å²) in [6.07, 6.45) is 2.53. The molecule has 1 aliphatic carbocycles. The predicted molar refractivity (Wildman–Crippen MR) is 292 cm³/mol. The highest BCUT2D eigenvalue weighted by Gasteiger charge is 2.38. The molecule has 14 nitrogen and oxygen atoms in total. The van der Waals surface area contributed by atoms with Gasteiger partial charge < -0.3 is 29.2 Å². The van der Waals surface area contributed by atoms with E-state index in [1.807, 2.05) is 104 Å². The second-order valence-corrected chi connectivity index (χ2v) is 19.8. The average molecular weight is 1020 g/mol. The van der Waals surface area contributed by atoms with Crippen LogP contribution < -0.4 is 9.47 Å². The Labute approximate surface area is 443 Å². The molecule has 2 aromatic heterocycles. The molecule has 1 fully saturated rings. The molecule has 0 radical (unpaired) electrons. The van der Waals surface area contributed by atoms with Gasteiger partial charge in [0.2, 0.25) is 0 Å². The molecule has 14 heteroatoms. The minimum Gasteiger partial charge on any atom is -0.507 e. The Morgan fingerprint density at radius 2 is 0.671 bits per heavy atom. The maximum Gasteiger partial charge on any atom is 0.309 e. The van der Waals surface area contributed by atoms with Crippen molar-refractivity contribution >= 4 is 11.9 Å². The van der Waals surface area contributed by atoms with Crippen LogP contribution in [-0.2, 0) is 19.1 Å². The molecule has 0 aliphatic heterocycles. The van der Waals surface area contributed by atoms with Crippen molar-refractivity contribution in [2.75, 3.05) is 26.4 Å². The van der Waals surface area contributed by atoms with Crippen molar-refractivity contribution in [3.8, 4) is 91.3 Å². The van der Waals surface area contributed by atoms with Gasteiger partial charge in [0.15, 0.2) is 34.9 Å². The lowest BCUT2D eigenvalue weighted by Gasteiger charge is -2.28. The highest BCUT2D eigenvalue weighted by atomic mass is 16.6. The highest BCUT2D eigenvalue weighted by Crippen LogP contribution is 2.37. The molecular formula is C62H62N6O8. The van der Waals surface area contributed by atoms with E-state index in [9.17, 15) is 19.8 Å². The number of hydrogen-bond donors (Lipinski definition) is 2. The number of hydrogen-bond acceptors (Lipinski definition) is 14. The second kappa shape index (κ2) is 22.9. The number of phenolic OH excluding ortho intramolecular Hbond substituents is 2. The number of benzene rings is 6. The van der Waals surface area contributed by atoms with Crippen LogP contribution in [0, 0.1) is 67.2 Å². The lowest BCUT2D eigenvalue weighted by Crippen LogP contribution is -2.36. The lowest BCUT2D eigenvalue weighted by molar-refractivity contribution is -0.163. The largest absolute Gasteiger partial charge is 0.507 e. The quantitative estimate of drug-likeness (QED) is 0.0687. The molecule has 1 aliphatic rings. The lowest BCUT2D eigenvalue weighted by atomic mass is 9.79. The van der Waals surface area contributed by atoms with Gasteiger partial charge in [-0.1, -0.05) is 108 Å². The first-order valence-corrected chi connectivity index (χ1v) is 25.7. The normalized spacial score (nSPS) is 14.3. The van der Waals surface area contributed by atoms with Crippen LogP contribution in [-0.4, -0.2) is 78.5 Å². The number of nitrogens with zero attached hydrogens (tertiary/aromatic N) is 6. The number of aromatic nitrogens is 6. The molecule has 0 bridgehead atoms. The molecule has 2 unspecified atom stereocenters. The summed E-state index contributed by atoms with van der Waals surface area (Å²) in [6.45, 7) is 16.1. The van der Waals surface area contributed by atoms with Gasteiger partial charge in [-0.05, 0) is 115 Å². The fourth-order valence-electron chi connectivity index (χ4n) is 9.83. The average Bonchev–Trinajstić information content (AvgIpc) is 3.39. The van der Waals surface area contributed by atoms with Gasteiger partial charge in [0, 0.05) is 34.4 Å². The van der Waals surface area contributed by atoms with Crippen LogP contribution in [0.3, 0.4) is 0 Å². The van der Waals surface area contributed by atoms with E-state index >= 15 is 0 Å². The van der Waals surface area contributed by atoms with Gasteiger partial charge in [0.05, 0.1) is 23.0 Å². The Balaban J connectivity index is 0.791. The summed E-state index contributed by atoms with van der Waals surface area (Å²) in [5.74, 6) is 0.784. The molecular weight excluding hydrogens is 957 g/mol.